The van der Waals surface area contributed by atoms with Gasteiger partial charge in [-0.2, -0.15) is 13.2 Å². The second-order valence-corrected chi connectivity index (χ2v) is 9.25. The van der Waals surface area contributed by atoms with Gasteiger partial charge in [0.15, 0.2) is 0 Å². The molecule has 7 heteroatoms. The molecule has 0 spiro atoms. The third-order valence-electron chi connectivity index (χ3n) is 6.12. The molecule has 0 saturated carbocycles. The van der Waals surface area contributed by atoms with Crippen LogP contribution in [-0.2, 0) is 36.9 Å². The van der Waals surface area contributed by atoms with Crippen molar-refractivity contribution in [2.75, 3.05) is 13.2 Å². The van der Waals surface area contributed by atoms with Crippen LogP contribution in [0.2, 0.25) is 0 Å². The number of rotatable bonds is 14. The molecule has 37 heavy (non-hydrogen) atoms. The molecule has 0 unspecified atom stereocenters. The number of hydrogen-bond acceptors (Lipinski definition) is 3. The van der Waals surface area contributed by atoms with Gasteiger partial charge in [0.1, 0.15) is 5.75 Å². The minimum atomic E-state index is -4.40. The van der Waals surface area contributed by atoms with E-state index in [-0.39, 0.29) is 13.1 Å². The van der Waals surface area contributed by atoms with Crippen molar-refractivity contribution in [1.29, 1.82) is 0 Å². The Balaban J connectivity index is 1.52. The van der Waals surface area contributed by atoms with E-state index in [1.165, 1.54) is 36.1 Å². The number of halogens is 3. The molecule has 0 aromatic heterocycles. The van der Waals surface area contributed by atoms with Crippen LogP contribution in [0.15, 0.2) is 72.8 Å². The van der Waals surface area contributed by atoms with Gasteiger partial charge in [-0.05, 0) is 65.8 Å². The molecule has 0 amide bonds. The third kappa shape index (κ3) is 9.92. The zero-order chi connectivity index (χ0) is 26.7. The fourth-order valence-electron chi connectivity index (χ4n) is 4.07. The van der Waals surface area contributed by atoms with Crippen molar-refractivity contribution in [3.05, 3.63) is 101 Å². The number of nitrogens with zero attached hydrogens (tertiary/aromatic N) is 1. The van der Waals surface area contributed by atoms with Crippen LogP contribution in [0, 0.1) is 0 Å². The number of aryl methyl sites for hydroxylation is 2. The van der Waals surface area contributed by atoms with Crippen LogP contribution in [0.25, 0.3) is 0 Å². The summed E-state index contributed by atoms with van der Waals surface area (Å²) < 4.78 is 44.2. The summed E-state index contributed by atoms with van der Waals surface area (Å²) in [5.41, 5.74) is 3.26. The SMILES string of the molecule is CCCCCOc1ccc(CCc2ccc(CN(CC(=O)O)Cc3ccc(C(F)(F)F)cc3)cc2)cc1. The van der Waals surface area contributed by atoms with E-state index >= 15 is 0 Å². The van der Waals surface area contributed by atoms with Gasteiger partial charge in [0.25, 0.3) is 0 Å². The summed E-state index contributed by atoms with van der Waals surface area (Å²) >= 11 is 0. The first-order valence-electron chi connectivity index (χ1n) is 12.6. The van der Waals surface area contributed by atoms with E-state index in [0.29, 0.717) is 12.1 Å². The van der Waals surface area contributed by atoms with Crippen molar-refractivity contribution < 1.29 is 27.8 Å². The first-order chi connectivity index (χ1) is 17.7. The first kappa shape index (κ1) is 28.3. The lowest BCUT2D eigenvalue weighted by molar-refractivity contribution is -0.139. The zero-order valence-electron chi connectivity index (χ0n) is 21.1. The van der Waals surface area contributed by atoms with Gasteiger partial charge in [-0.1, -0.05) is 68.3 Å². The van der Waals surface area contributed by atoms with Crippen molar-refractivity contribution >= 4 is 5.97 Å². The van der Waals surface area contributed by atoms with Crippen LogP contribution in [0.3, 0.4) is 0 Å². The number of benzene rings is 3. The Labute approximate surface area is 216 Å². The van der Waals surface area contributed by atoms with Crippen LogP contribution < -0.4 is 4.74 Å². The van der Waals surface area contributed by atoms with Crippen molar-refractivity contribution in [2.24, 2.45) is 0 Å². The Morgan fingerprint density at radius 3 is 1.76 bits per heavy atom. The molecule has 1 N–H and O–H groups in total. The molecule has 0 saturated heterocycles. The fourth-order valence-corrected chi connectivity index (χ4v) is 4.07. The number of carboxylic acids is 1. The molecule has 0 heterocycles. The van der Waals surface area contributed by atoms with Gasteiger partial charge in [-0.15, -0.1) is 0 Å². The molecule has 0 atom stereocenters. The molecular formula is C30H34F3NO3. The average Bonchev–Trinajstić information content (AvgIpc) is 2.86. The maximum absolute atomic E-state index is 12.8. The highest BCUT2D eigenvalue weighted by Gasteiger charge is 2.30. The van der Waals surface area contributed by atoms with E-state index in [2.05, 4.69) is 19.1 Å². The van der Waals surface area contributed by atoms with Crippen LogP contribution in [0.5, 0.6) is 5.75 Å². The van der Waals surface area contributed by atoms with E-state index in [4.69, 9.17) is 4.74 Å². The number of hydrogen-bond donors (Lipinski definition) is 1. The van der Waals surface area contributed by atoms with Gasteiger partial charge >= 0.3 is 12.1 Å². The normalized spacial score (nSPS) is 11.6. The van der Waals surface area contributed by atoms with E-state index in [1.54, 1.807) is 4.90 Å². The van der Waals surface area contributed by atoms with Crippen LogP contribution in [0.1, 0.15) is 54.0 Å². The molecule has 0 aliphatic carbocycles. The predicted molar refractivity (Wildman–Crippen MR) is 139 cm³/mol. The Kier molecular flexibility index (Phi) is 10.6. The summed E-state index contributed by atoms with van der Waals surface area (Å²) in [6, 6.07) is 21.1. The Morgan fingerprint density at radius 2 is 1.27 bits per heavy atom. The molecule has 4 nitrogen and oxygen atoms in total. The topological polar surface area (TPSA) is 49.8 Å². The summed E-state index contributed by atoms with van der Waals surface area (Å²) in [4.78, 5) is 13.1. The lowest BCUT2D eigenvalue weighted by Gasteiger charge is -2.21. The zero-order valence-corrected chi connectivity index (χ0v) is 21.1. The molecule has 0 radical (unpaired) electrons. The summed E-state index contributed by atoms with van der Waals surface area (Å²) in [7, 11) is 0. The third-order valence-corrected chi connectivity index (χ3v) is 6.12. The Hall–Kier alpha value is -3.32. The molecule has 198 valence electrons. The Morgan fingerprint density at radius 1 is 0.784 bits per heavy atom. The number of ether oxygens (including phenoxy) is 1. The fraction of sp³-hybridized carbons (Fsp3) is 0.367. The smallest absolute Gasteiger partial charge is 0.416 e. The monoisotopic (exact) mass is 513 g/mol. The van der Waals surface area contributed by atoms with Crippen molar-refractivity contribution in [3.63, 3.8) is 0 Å². The van der Waals surface area contributed by atoms with Crippen LogP contribution in [-0.4, -0.2) is 29.1 Å². The molecule has 0 aliphatic heterocycles. The van der Waals surface area contributed by atoms with Crippen molar-refractivity contribution in [1.82, 2.24) is 4.90 Å². The number of alkyl halides is 3. The van der Waals surface area contributed by atoms with Gasteiger partial charge < -0.3 is 9.84 Å². The first-order valence-corrected chi connectivity index (χ1v) is 12.6. The summed E-state index contributed by atoms with van der Waals surface area (Å²) in [5, 5.41) is 9.30. The average molecular weight is 514 g/mol. The number of carbonyl (C=O) groups is 1. The molecule has 0 bridgehead atoms. The van der Waals surface area contributed by atoms with Gasteiger partial charge in [-0.3, -0.25) is 9.69 Å². The molecule has 3 aromatic rings. The lowest BCUT2D eigenvalue weighted by atomic mass is 10.0. The highest BCUT2D eigenvalue weighted by molar-refractivity contribution is 5.69. The van der Waals surface area contributed by atoms with E-state index in [0.717, 1.165) is 49.3 Å². The minimum absolute atomic E-state index is 0.207. The largest absolute Gasteiger partial charge is 0.494 e. The van der Waals surface area contributed by atoms with Gasteiger partial charge in [-0.25, -0.2) is 0 Å². The van der Waals surface area contributed by atoms with Crippen LogP contribution in [0.4, 0.5) is 13.2 Å². The van der Waals surface area contributed by atoms with Crippen LogP contribution >= 0.6 is 0 Å². The molecule has 0 fully saturated rings. The van der Waals surface area contributed by atoms with Gasteiger partial charge in [0.2, 0.25) is 0 Å². The Bertz CT molecular complexity index is 1090. The molecular weight excluding hydrogens is 479 g/mol. The number of unbranched alkanes of at least 4 members (excludes halogenated alkanes) is 2. The van der Waals surface area contributed by atoms with Gasteiger partial charge in [0, 0.05) is 13.1 Å². The standard InChI is InChI=1S/C30H34F3NO3/c1-2-3-4-19-37-28-17-13-24(14-18-28)6-5-23-7-9-25(10-8-23)20-34(22-29(35)36)21-26-11-15-27(16-12-26)30(31,32)33/h7-18H,2-6,19-22H2,1H3,(H,35,36). The maximum atomic E-state index is 12.8. The van der Waals surface area contributed by atoms with Gasteiger partial charge in [0.05, 0.1) is 18.7 Å². The number of aliphatic carboxylic acids is 1. The van der Waals surface area contributed by atoms with E-state index < -0.39 is 17.7 Å². The highest BCUT2D eigenvalue weighted by atomic mass is 19.4. The summed E-state index contributed by atoms with van der Waals surface area (Å²) in [6.45, 7) is 3.33. The van der Waals surface area contributed by atoms with Crippen molar-refractivity contribution in [3.8, 4) is 5.75 Å². The molecule has 0 aliphatic rings. The second kappa shape index (κ2) is 13.8. The summed E-state index contributed by atoms with van der Waals surface area (Å²) in [6.07, 6.45) is 0.792. The maximum Gasteiger partial charge on any atom is 0.416 e. The second-order valence-electron chi connectivity index (χ2n) is 9.25. The van der Waals surface area contributed by atoms with E-state index in [1.807, 2.05) is 36.4 Å². The molecule has 3 aromatic carbocycles. The van der Waals surface area contributed by atoms with Crippen molar-refractivity contribution in [2.45, 2.75) is 58.3 Å². The lowest BCUT2D eigenvalue weighted by Crippen LogP contribution is -2.29. The highest BCUT2D eigenvalue weighted by Crippen LogP contribution is 2.29. The number of carboxylic acid groups (broad SMARTS) is 1. The quantitative estimate of drug-likeness (QED) is 0.233. The molecule has 3 rings (SSSR count). The predicted octanol–water partition coefficient (Wildman–Crippen LogP) is 7.15. The minimum Gasteiger partial charge on any atom is -0.494 e. The summed E-state index contributed by atoms with van der Waals surface area (Å²) in [5.74, 6) is -0.0904. The van der Waals surface area contributed by atoms with E-state index in [9.17, 15) is 23.1 Å².